The summed E-state index contributed by atoms with van der Waals surface area (Å²) in [7, 11) is -2.49. The number of carbonyl (C=O) groups is 2. The van der Waals surface area contributed by atoms with E-state index >= 15 is 0 Å². The smallest absolute Gasteiger partial charge is 0.323 e. The number of unbranched alkanes of at least 4 members (excludes halogenated alkanes) is 2. The number of benzene rings is 2. The average molecular weight is 663 g/mol. The van der Waals surface area contributed by atoms with Crippen LogP contribution in [0.3, 0.4) is 0 Å². The van der Waals surface area contributed by atoms with Crippen LogP contribution in [0.2, 0.25) is 0 Å². The van der Waals surface area contributed by atoms with Crippen LogP contribution >= 0.6 is 7.44 Å². The number of esters is 2. The van der Waals surface area contributed by atoms with Gasteiger partial charge in [0.05, 0.1) is 13.7 Å². The zero-order valence-corrected chi connectivity index (χ0v) is 29.3. The van der Waals surface area contributed by atoms with Crippen molar-refractivity contribution in [1.82, 2.24) is 10.2 Å². The minimum absolute atomic E-state index is 0.167. The molecule has 2 aromatic rings. The Morgan fingerprint density at radius 3 is 1.98 bits per heavy atom. The molecule has 0 bridgehead atoms. The van der Waals surface area contributed by atoms with Crippen LogP contribution in [0.5, 0.6) is 11.5 Å². The zero-order valence-electron chi connectivity index (χ0n) is 28.4. The van der Waals surface area contributed by atoms with Gasteiger partial charge in [0.2, 0.25) is 7.44 Å². The molecule has 0 fully saturated rings. The molecule has 2 rings (SSSR count). The van der Waals surface area contributed by atoms with Crippen LogP contribution < -0.4 is 26.4 Å². The molecule has 2 aromatic carbocycles. The van der Waals surface area contributed by atoms with E-state index in [2.05, 4.69) is 10.2 Å². The summed E-state index contributed by atoms with van der Waals surface area (Å²) < 4.78 is 31.0. The van der Waals surface area contributed by atoms with Crippen LogP contribution in [0.25, 0.3) is 0 Å². The molecule has 0 amide bonds. The van der Waals surface area contributed by atoms with Crippen LogP contribution in [-0.2, 0) is 30.0 Å². The van der Waals surface area contributed by atoms with E-state index < -0.39 is 31.5 Å². The van der Waals surface area contributed by atoms with Crippen molar-refractivity contribution in [2.45, 2.75) is 97.6 Å². The fourth-order valence-corrected chi connectivity index (χ4v) is 7.35. The van der Waals surface area contributed by atoms with Gasteiger partial charge in [-0.1, -0.05) is 38.8 Å². The van der Waals surface area contributed by atoms with Gasteiger partial charge < -0.3 is 30.8 Å². The minimum atomic E-state index is -3.77. The Balaban J connectivity index is 2.37. The molecular weight excluding hydrogens is 607 g/mol. The van der Waals surface area contributed by atoms with E-state index in [9.17, 15) is 19.3 Å². The second kappa shape index (κ2) is 19.7. The summed E-state index contributed by atoms with van der Waals surface area (Å²) in [6.07, 6.45) is 3.62. The fraction of sp³-hybridized carbons (Fsp3) is 0.588. The number of phenols is 1. The maximum Gasteiger partial charge on any atom is 0.323 e. The monoisotopic (exact) mass is 662 g/mol. The highest BCUT2D eigenvalue weighted by atomic mass is 31.2. The van der Waals surface area contributed by atoms with E-state index in [1.807, 2.05) is 52.0 Å². The molecule has 0 aliphatic rings. The van der Waals surface area contributed by atoms with Gasteiger partial charge in [-0.05, 0) is 118 Å². The van der Waals surface area contributed by atoms with E-state index in [-0.39, 0.29) is 18.9 Å². The van der Waals surface area contributed by atoms with E-state index in [1.165, 1.54) is 7.11 Å². The number of hydrogen-bond acceptors (Lipinski definition) is 9. The van der Waals surface area contributed by atoms with Crippen LogP contribution in [0.1, 0.15) is 93.0 Å². The lowest BCUT2D eigenvalue weighted by Gasteiger charge is -2.29. The summed E-state index contributed by atoms with van der Waals surface area (Å²) in [6.45, 7) is 10.9. The van der Waals surface area contributed by atoms with Crippen molar-refractivity contribution in [1.29, 1.82) is 0 Å². The summed E-state index contributed by atoms with van der Waals surface area (Å²) in [5.74, 6) is -0.115. The second-order valence-electron chi connectivity index (χ2n) is 12.0. The molecule has 3 unspecified atom stereocenters. The van der Waals surface area contributed by atoms with Crippen molar-refractivity contribution in [3.63, 3.8) is 0 Å². The highest BCUT2D eigenvalue weighted by molar-refractivity contribution is 7.59. The molecule has 0 saturated heterocycles. The van der Waals surface area contributed by atoms with Crippen LogP contribution in [-0.4, -0.2) is 62.3 Å². The van der Waals surface area contributed by atoms with Crippen LogP contribution in [0, 0.1) is 13.8 Å². The third kappa shape index (κ3) is 12.3. The molecular formula is C34H55N4O7P. The Hall–Kier alpha value is -2.95. The predicted molar refractivity (Wildman–Crippen MR) is 182 cm³/mol. The predicted octanol–water partition coefficient (Wildman–Crippen LogP) is 5.16. The van der Waals surface area contributed by atoms with Crippen molar-refractivity contribution in [3.05, 3.63) is 58.1 Å². The zero-order chi connectivity index (χ0) is 34.3. The van der Waals surface area contributed by atoms with Crippen molar-refractivity contribution in [2.24, 2.45) is 11.5 Å². The first kappa shape index (κ1) is 39.2. The normalized spacial score (nSPS) is 14.0. The van der Waals surface area contributed by atoms with Gasteiger partial charge in [-0.15, -0.1) is 0 Å². The number of rotatable bonds is 21. The highest BCUT2D eigenvalue weighted by Gasteiger charge is 2.35. The average Bonchev–Trinajstić information content (AvgIpc) is 3.01. The number of carbonyl (C=O) groups excluding carboxylic acids is 2. The number of methoxy groups -OCH3 is 1. The van der Waals surface area contributed by atoms with Gasteiger partial charge >= 0.3 is 11.9 Å². The molecule has 0 aromatic heterocycles. The quantitative estimate of drug-likeness (QED) is 0.0678. The highest BCUT2D eigenvalue weighted by Crippen LogP contribution is 2.40. The lowest BCUT2D eigenvalue weighted by molar-refractivity contribution is -0.145. The first-order valence-corrected chi connectivity index (χ1v) is 18.1. The molecule has 0 heterocycles. The Labute approximate surface area is 274 Å². The van der Waals surface area contributed by atoms with Crippen LogP contribution in [0.4, 0.5) is 0 Å². The van der Waals surface area contributed by atoms with Crippen LogP contribution in [0.15, 0.2) is 30.3 Å². The Morgan fingerprint density at radius 1 is 0.913 bits per heavy atom. The van der Waals surface area contributed by atoms with E-state index in [1.54, 1.807) is 13.0 Å². The first-order valence-electron chi connectivity index (χ1n) is 16.2. The molecule has 0 spiro atoms. The van der Waals surface area contributed by atoms with Gasteiger partial charge in [0.25, 0.3) is 0 Å². The van der Waals surface area contributed by atoms with Crippen molar-refractivity contribution in [2.75, 3.05) is 33.2 Å². The number of ether oxygens (including phenoxy) is 3. The minimum Gasteiger partial charge on any atom is -0.508 e. The Morgan fingerprint density at radius 2 is 1.48 bits per heavy atom. The van der Waals surface area contributed by atoms with E-state index in [4.69, 9.17) is 25.7 Å². The van der Waals surface area contributed by atoms with E-state index in [0.29, 0.717) is 69.5 Å². The van der Waals surface area contributed by atoms with Gasteiger partial charge in [0.1, 0.15) is 23.6 Å². The maximum absolute atomic E-state index is 14.6. The standard InChI is InChI=1S/C34H55N4O7P/c1-7-44-34(41)31(13-9-11-17-36)38-46(42,37-30(33(40)43-6)12-8-10-16-35)22-45-27-18-24(4)29(25(5)19-27)21-26-14-15-32(39)28(20-26)23(2)3/h14-15,18-20,23,30-31,39H,7-13,16-17,21-22,35-36H2,1-6H3,(H2,37,38,42). The summed E-state index contributed by atoms with van der Waals surface area (Å²) >= 11 is 0. The largest absolute Gasteiger partial charge is 0.508 e. The summed E-state index contributed by atoms with van der Waals surface area (Å²) in [6, 6.07) is 7.67. The molecule has 0 aliphatic carbocycles. The molecule has 3 atom stereocenters. The van der Waals surface area contributed by atoms with Crippen molar-refractivity contribution < 1.29 is 33.5 Å². The van der Waals surface area contributed by atoms with Gasteiger partial charge in [0.15, 0.2) is 6.35 Å². The second-order valence-corrected chi connectivity index (χ2v) is 14.2. The summed E-state index contributed by atoms with van der Waals surface area (Å²) in [5, 5.41) is 16.2. The topological polar surface area (TPSA) is 175 Å². The molecule has 0 saturated carbocycles. The number of nitrogens with one attached hydrogen (secondary N) is 2. The third-order valence-corrected chi connectivity index (χ3v) is 9.81. The van der Waals surface area contributed by atoms with Crippen molar-refractivity contribution in [3.8, 4) is 11.5 Å². The Bertz CT molecular complexity index is 1300. The first-order chi connectivity index (χ1) is 21.9. The summed E-state index contributed by atoms with van der Waals surface area (Å²) in [4.78, 5) is 25.6. The van der Waals surface area contributed by atoms with Gasteiger partial charge in [-0.25, -0.2) is 10.2 Å². The van der Waals surface area contributed by atoms with E-state index in [0.717, 1.165) is 27.8 Å². The molecule has 0 radical (unpaired) electrons. The van der Waals surface area contributed by atoms with Gasteiger partial charge in [0, 0.05) is 0 Å². The fourth-order valence-electron chi connectivity index (χ4n) is 5.32. The molecule has 7 N–H and O–H groups in total. The van der Waals surface area contributed by atoms with Gasteiger partial charge in [-0.2, -0.15) is 0 Å². The Kier molecular flexibility index (Phi) is 16.8. The number of phenolic OH excluding ortho intramolecular Hbond substituents is 1. The lowest BCUT2D eigenvalue weighted by atomic mass is 9.93. The molecule has 11 nitrogen and oxygen atoms in total. The molecule has 12 heteroatoms. The maximum atomic E-state index is 14.6. The summed E-state index contributed by atoms with van der Waals surface area (Å²) in [5.41, 5.74) is 16.4. The number of hydrogen-bond donors (Lipinski definition) is 5. The number of nitrogens with two attached hydrogens (primary N) is 2. The number of aromatic hydroxyl groups is 1. The molecule has 0 aliphatic heterocycles. The van der Waals surface area contributed by atoms with Crippen molar-refractivity contribution >= 4 is 19.4 Å². The SMILES string of the molecule is CCOC(=O)C(CCCCN)NP(=O)(COc1cc(C)c(Cc2ccc(O)c(C(C)C)c2)c(C)c1)NC(CCCCN)C(=O)OC. The molecule has 258 valence electrons. The third-order valence-electron chi connectivity index (χ3n) is 7.86. The van der Waals surface area contributed by atoms with Gasteiger partial charge in [-0.3, -0.25) is 14.2 Å². The number of aryl methyl sites for hydroxylation is 2. The molecule has 46 heavy (non-hydrogen) atoms. The lowest BCUT2D eigenvalue weighted by Crippen LogP contribution is -2.45.